The monoisotopic (exact) mass is 489 g/mol. The van der Waals surface area contributed by atoms with Crippen molar-refractivity contribution in [3.63, 3.8) is 0 Å². The summed E-state index contributed by atoms with van der Waals surface area (Å²) >= 11 is 1.36. The lowest BCUT2D eigenvalue weighted by molar-refractivity contribution is -0.136. The summed E-state index contributed by atoms with van der Waals surface area (Å²) in [5, 5.41) is 23.9. The molecule has 0 spiro atoms. The molecule has 3 rings (SSSR count). The number of nitrogens with one attached hydrogen (secondary N) is 1. The highest BCUT2D eigenvalue weighted by Crippen LogP contribution is 2.33. The van der Waals surface area contributed by atoms with Gasteiger partial charge in [0.1, 0.15) is 5.75 Å². The van der Waals surface area contributed by atoms with Gasteiger partial charge in [-0.2, -0.15) is 0 Å². The molecule has 0 atom stereocenters. The quantitative estimate of drug-likeness (QED) is 0.249. The largest absolute Gasteiger partial charge is 0.507 e. The van der Waals surface area contributed by atoms with Gasteiger partial charge in [-0.3, -0.25) is 14.4 Å². The van der Waals surface area contributed by atoms with Gasteiger partial charge in [0.25, 0.3) is 5.91 Å². The van der Waals surface area contributed by atoms with Crippen LogP contribution in [0.3, 0.4) is 0 Å². The van der Waals surface area contributed by atoms with Crippen molar-refractivity contribution < 1.29 is 24.6 Å². The zero-order chi connectivity index (χ0) is 25.5. The predicted octanol–water partition coefficient (Wildman–Crippen LogP) is 6.09. The molecular weight excluding hydrogens is 462 g/mol. The number of ketones is 1. The van der Waals surface area contributed by atoms with Crippen LogP contribution < -0.4 is 5.32 Å². The molecule has 1 aromatic heterocycles. The SMILES string of the molecule is CC(=O)c1ccc(-c2ccc(-c3csc(C(=O)NC/C(C)=C/C=C(\C)CC(=O)O)c3)cc2)c(O)c1. The summed E-state index contributed by atoms with van der Waals surface area (Å²) in [4.78, 5) is 35.4. The van der Waals surface area contributed by atoms with E-state index in [4.69, 9.17) is 5.11 Å². The Labute approximate surface area is 208 Å². The summed E-state index contributed by atoms with van der Waals surface area (Å²) in [7, 11) is 0. The van der Waals surface area contributed by atoms with E-state index in [0.29, 0.717) is 22.5 Å². The first-order chi connectivity index (χ1) is 16.6. The molecule has 0 bridgehead atoms. The molecule has 0 aliphatic rings. The number of amides is 1. The van der Waals surface area contributed by atoms with Crippen molar-refractivity contribution in [1.82, 2.24) is 5.32 Å². The maximum absolute atomic E-state index is 12.6. The molecule has 0 saturated carbocycles. The van der Waals surface area contributed by atoms with Gasteiger partial charge in [-0.1, -0.05) is 53.6 Å². The molecule has 2 aromatic carbocycles. The van der Waals surface area contributed by atoms with Crippen LogP contribution in [0.15, 0.2) is 77.2 Å². The highest BCUT2D eigenvalue weighted by atomic mass is 32.1. The fraction of sp³-hybridized carbons (Fsp3) is 0.179. The second kappa shape index (κ2) is 11.4. The molecule has 3 aromatic rings. The van der Waals surface area contributed by atoms with E-state index in [0.717, 1.165) is 27.8 Å². The average molecular weight is 490 g/mol. The minimum absolute atomic E-state index is 0.0115. The summed E-state index contributed by atoms with van der Waals surface area (Å²) in [6, 6.07) is 14.4. The minimum Gasteiger partial charge on any atom is -0.507 e. The number of carbonyl (C=O) groups excluding carboxylic acids is 2. The molecule has 6 nitrogen and oxygen atoms in total. The molecule has 0 unspecified atom stereocenters. The van der Waals surface area contributed by atoms with Crippen LogP contribution in [0.2, 0.25) is 0 Å². The smallest absolute Gasteiger partial charge is 0.307 e. The van der Waals surface area contributed by atoms with Gasteiger partial charge >= 0.3 is 5.97 Å². The third-order valence-corrected chi connectivity index (χ3v) is 6.30. The molecule has 0 fully saturated rings. The first-order valence-electron chi connectivity index (χ1n) is 11.0. The van der Waals surface area contributed by atoms with E-state index in [9.17, 15) is 19.5 Å². The van der Waals surface area contributed by atoms with E-state index in [1.165, 1.54) is 24.3 Å². The predicted molar refractivity (Wildman–Crippen MR) is 139 cm³/mol. The lowest BCUT2D eigenvalue weighted by atomic mass is 9.99. The Morgan fingerprint density at radius 3 is 2.17 bits per heavy atom. The Hall–Kier alpha value is -3.97. The van der Waals surface area contributed by atoms with Gasteiger partial charge in [-0.05, 0) is 61.0 Å². The Kier molecular flexibility index (Phi) is 8.39. The topological polar surface area (TPSA) is 104 Å². The van der Waals surface area contributed by atoms with Gasteiger partial charge in [0.15, 0.2) is 5.78 Å². The van der Waals surface area contributed by atoms with Crippen molar-refractivity contribution in [2.75, 3.05) is 6.54 Å². The summed E-state index contributed by atoms with van der Waals surface area (Å²) < 4.78 is 0. The molecule has 0 aliphatic carbocycles. The van der Waals surface area contributed by atoms with Gasteiger partial charge in [0.05, 0.1) is 11.3 Å². The molecule has 3 N–H and O–H groups in total. The number of thiophene rings is 1. The second-order valence-corrected chi connectivity index (χ2v) is 9.26. The number of Topliss-reactive ketones (excluding diaryl/α,β-unsaturated/α-hetero) is 1. The lowest BCUT2D eigenvalue weighted by Crippen LogP contribution is -2.24. The van der Waals surface area contributed by atoms with Crippen LogP contribution in [-0.4, -0.2) is 34.4 Å². The number of aliphatic carboxylic acids is 1. The van der Waals surface area contributed by atoms with Gasteiger partial charge in [0, 0.05) is 17.7 Å². The van der Waals surface area contributed by atoms with E-state index >= 15 is 0 Å². The normalized spacial score (nSPS) is 11.9. The van der Waals surface area contributed by atoms with Crippen molar-refractivity contribution in [2.24, 2.45) is 0 Å². The van der Waals surface area contributed by atoms with Gasteiger partial charge in [-0.25, -0.2) is 0 Å². The average Bonchev–Trinajstić information content (AvgIpc) is 3.31. The molecular formula is C28H27NO5S. The first kappa shape index (κ1) is 25.6. The Balaban J connectivity index is 1.65. The van der Waals surface area contributed by atoms with Crippen LogP contribution in [0.5, 0.6) is 5.75 Å². The molecule has 180 valence electrons. The fourth-order valence-corrected chi connectivity index (χ4v) is 4.22. The maximum atomic E-state index is 12.6. The van der Waals surface area contributed by atoms with E-state index in [1.807, 2.05) is 48.7 Å². The maximum Gasteiger partial charge on any atom is 0.307 e. The number of benzene rings is 2. The van der Waals surface area contributed by atoms with Crippen molar-refractivity contribution in [1.29, 1.82) is 0 Å². The number of carbonyl (C=O) groups is 3. The number of phenolic OH excluding ortho intramolecular Hbond substituents is 1. The molecule has 35 heavy (non-hydrogen) atoms. The molecule has 0 saturated heterocycles. The number of rotatable bonds is 9. The number of carboxylic acids is 1. The third kappa shape index (κ3) is 7.01. The van der Waals surface area contributed by atoms with Crippen LogP contribution in [0.25, 0.3) is 22.3 Å². The first-order valence-corrected chi connectivity index (χ1v) is 11.9. The number of hydrogen-bond acceptors (Lipinski definition) is 5. The second-order valence-electron chi connectivity index (χ2n) is 8.34. The summed E-state index contributed by atoms with van der Waals surface area (Å²) in [5.74, 6) is -1.10. The molecule has 0 aliphatic heterocycles. The highest BCUT2D eigenvalue weighted by Gasteiger charge is 2.12. The zero-order valence-electron chi connectivity index (χ0n) is 19.8. The summed E-state index contributed by atoms with van der Waals surface area (Å²) in [5.41, 5.74) is 5.44. The molecule has 1 amide bonds. The summed E-state index contributed by atoms with van der Waals surface area (Å²) in [6.07, 6.45) is 3.55. The Bertz CT molecular complexity index is 1320. The van der Waals surface area contributed by atoms with Gasteiger partial charge in [0.2, 0.25) is 0 Å². The van der Waals surface area contributed by atoms with E-state index < -0.39 is 5.97 Å². The van der Waals surface area contributed by atoms with Crippen molar-refractivity contribution >= 4 is 29.0 Å². The van der Waals surface area contributed by atoms with Crippen molar-refractivity contribution in [2.45, 2.75) is 27.2 Å². The van der Waals surface area contributed by atoms with E-state index in [2.05, 4.69) is 5.32 Å². The summed E-state index contributed by atoms with van der Waals surface area (Å²) in [6.45, 7) is 5.45. The van der Waals surface area contributed by atoms with Crippen LogP contribution >= 0.6 is 11.3 Å². The molecule has 0 radical (unpaired) electrons. The number of hydrogen-bond donors (Lipinski definition) is 3. The van der Waals surface area contributed by atoms with Crippen LogP contribution in [-0.2, 0) is 4.79 Å². The Morgan fingerprint density at radius 1 is 0.886 bits per heavy atom. The van der Waals surface area contributed by atoms with Crippen LogP contribution in [0, 0.1) is 0 Å². The molecule has 1 heterocycles. The van der Waals surface area contributed by atoms with E-state index in [1.54, 1.807) is 25.1 Å². The zero-order valence-corrected chi connectivity index (χ0v) is 20.6. The highest BCUT2D eigenvalue weighted by molar-refractivity contribution is 7.12. The number of phenols is 1. The minimum atomic E-state index is -0.872. The number of carboxylic acid groups (broad SMARTS) is 1. The van der Waals surface area contributed by atoms with Crippen LogP contribution in [0.4, 0.5) is 0 Å². The van der Waals surface area contributed by atoms with Gasteiger partial charge < -0.3 is 15.5 Å². The molecule has 7 heteroatoms. The standard InChI is InChI=1S/C28H27NO5S/c1-17(12-27(32)33)4-5-18(2)15-29-28(34)26-14-23(16-35-26)20-6-8-21(9-7-20)24-11-10-22(19(3)30)13-25(24)31/h4-11,13-14,16,31H,12,15H2,1-3H3,(H,29,34)(H,32,33)/b17-4+,18-5+. The Morgan fingerprint density at radius 2 is 1.54 bits per heavy atom. The van der Waals surface area contributed by atoms with E-state index in [-0.39, 0.29) is 23.9 Å². The third-order valence-electron chi connectivity index (χ3n) is 5.37. The van der Waals surface area contributed by atoms with Crippen molar-refractivity contribution in [3.05, 3.63) is 87.6 Å². The lowest BCUT2D eigenvalue weighted by Gasteiger charge is -2.07. The number of aromatic hydroxyl groups is 1. The van der Waals surface area contributed by atoms with Gasteiger partial charge in [-0.15, -0.1) is 11.3 Å². The number of allylic oxidation sites excluding steroid dienone is 2. The fourth-order valence-electron chi connectivity index (χ4n) is 3.39. The van der Waals surface area contributed by atoms with Crippen molar-refractivity contribution in [3.8, 4) is 28.0 Å². The van der Waals surface area contributed by atoms with Crippen LogP contribution in [0.1, 0.15) is 47.2 Å².